The van der Waals surface area contributed by atoms with Gasteiger partial charge in [-0.15, -0.1) is 0 Å². The third-order valence-corrected chi connectivity index (χ3v) is 2.72. The van der Waals surface area contributed by atoms with Crippen LogP contribution in [0.4, 0.5) is 0 Å². The van der Waals surface area contributed by atoms with Crippen LogP contribution in [0.5, 0.6) is 0 Å². The first-order valence-electron chi connectivity index (χ1n) is 4.85. The second-order valence-corrected chi connectivity index (χ2v) is 3.58. The molecule has 0 saturated heterocycles. The molecule has 1 heteroatoms. The van der Waals surface area contributed by atoms with Gasteiger partial charge in [0.2, 0.25) is 0 Å². The SMILES string of the molecule is C1=CC2=c3ccccc3=CNC2C=C1. The average molecular weight is 181 g/mol. The zero-order valence-corrected chi connectivity index (χ0v) is 7.77. The van der Waals surface area contributed by atoms with Crippen molar-refractivity contribution in [1.82, 2.24) is 5.32 Å². The molecule has 1 aromatic carbocycles. The van der Waals surface area contributed by atoms with E-state index in [-0.39, 0.29) is 0 Å². The molecule has 0 saturated carbocycles. The van der Waals surface area contributed by atoms with E-state index in [1.54, 1.807) is 0 Å². The largest absolute Gasteiger partial charge is 0.380 e. The van der Waals surface area contributed by atoms with Crippen LogP contribution >= 0.6 is 0 Å². The van der Waals surface area contributed by atoms with Gasteiger partial charge >= 0.3 is 0 Å². The summed E-state index contributed by atoms with van der Waals surface area (Å²) in [5.74, 6) is 0. The van der Waals surface area contributed by atoms with E-state index < -0.39 is 0 Å². The quantitative estimate of drug-likeness (QED) is 0.620. The summed E-state index contributed by atoms with van der Waals surface area (Å²) in [6.07, 6.45) is 10.6. The highest BCUT2D eigenvalue weighted by atomic mass is 14.9. The van der Waals surface area contributed by atoms with Gasteiger partial charge in [0, 0.05) is 6.20 Å². The Morgan fingerprint density at radius 1 is 1.07 bits per heavy atom. The Labute approximate surface area is 82.8 Å². The Bertz CT molecular complexity index is 535. The lowest BCUT2D eigenvalue weighted by Gasteiger charge is -2.21. The number of hydrogen-bond donors (Lipinski definition) is 1. The van der Waals surface area contributed by atoms with Crippen molar-refractivity contribution in [2.45, 2.75) is 6.04 Å². The predicted molar refractivity (Wildman–Crippen MR) is 58.8 cm³/mol. The number of rotatable bonds is 0. The van der Waals surface area contributed by atoms with Gasteiger partial charge in [0.1, 0.15) is 0 Å². The van der Waals surface area contributed by atoms with Gasteiger partial charge in [-0.2, -0.15) is 0 Å². The highest BCUT2D eigenvalue weighted by molar-refractivity contribution is 5.69. The molecule has 14 heavy (non-hydrogen) atoms. The summed E-state index contributed by atoms with van der Waals surface area (Å²) in [6.45, 7) is 0. The minimum Gasteiger partial charge on any atom is -0.380 e. The van der Waals surface area contributed by atoms with Crippen LogP contribution in [0.3, 0.4) is 0 Å². The van der Waals surface area contributed by atoms with Crippen molar-refractivity contribution in [2.24, 2.45) is 0 Å². The molecule has 1 aromatic rings. The fourth-order valence-corrected chi connectivity index (χ4v) is 2.01. The van der Waals surface area contributed by atoms with Crippen molar-refractivity contribution in [3.63, 3.8) is 0 Å². The van der Waals surface area contributed by atoms with E-state index in [2.05, 4.69) is 60.1 Å². The summed E-state index contributed by atoms with van der Waals surface area (Å²) >= 11 is 0. The number of allylic oxidation sites excluding steroid dienone is 2. The summed E-state index contributed by atoms with van der Waals surface area (Å²) in [7, 11) is 0. The highest BCUT2D eigenvalue weighted by Crippen LogP contribution is 2.11. The number of benzene rings is 1. The molecule has 68 valence electrons. The maximum atomic E-state index is 3.38. The molecule has 1 nitrogen and oxygen atoms in total. The van der Waals surface area contributed by atoms with E-state index in [9.17, 15) is 0 Å². The lowest BCUT2D eigenvalue weighted by atomic mass is 9.96. The summed E-state index contributed by atoms with van der Waals surface area (Å²) in [5, 5.41) is 6.00. The van der Waals surface area contributed by atoms with E-state index >= 15 is 0 Å². The van der Waals surface area contributed by atoms with Gasteiger partial charge < -0.3 is 5.32 Å². The zero-order chi connectivity index (χ0) is 9.38. The molecule has 2 aliphatic rings. The van der Waals surface area contributed by atoms with Crippen LogP contribution in [-0.2, 0) is 0 Å². The predicted octanol–water partition coefficient (Wildman–Crippen LogP) is 0.673. The number of hydrogen-bond acceptors (Lipinski definition) is 1. The fourth-order valence-electron chi connectivity index (χ4n) is 2.01. The van der Waals surface area contributed by atoms with Gasteiger partial charge in [0.05, 0.1) is 6.04 Å². The molecule has 0 bridgehead atoms. The van der Waals surface area contributed by atoms with Crippen molar-refractivity contribution in [3.8, 4) is 0 Å². The Morgan fingerprint density at radius 3 is 3.00 bits per heavy atom. The Morgan fingerprint density at radius 2 is 2.00 bits per heavy atom. The van der Waals surface area contributed by atoms with Crippen molar-refractivity contribution in [3.05, 3.63) is 59.0 Å². The summed E-state index contributed by atoms with van der Waals surface area (Å²) < 4.78 is 0. The molecule has 1 aliphatic carbocycles. The lowest BCUT2D eigenvalue weighted by Crippen LogP contribution is -2.41. The highest BCUT2D eigenvalue weighted by Gasteiger charge is 2.12. The molecule has 0 fully saturated rings. The molecule has 1 aliphatic heterocycles. The topological polar surface area (TPSA) is 12.0 Å². The van der Waals surface area contributed by atoms with Gasteiger partial charge in [-0.05, 0) is 16.0 Å². The maximum absolute atomic E-state index is 3.38. The Kier molecular flexibility index (Phi) is 1.57. The molecular formula is C13H11N. The van der Waals surface area contributed by atoms with Crippen LogP contribution in [0, 0.1) is 0 Å². The minimum absolute atomic E-state index is 0.356. The monoisotopic (exact) mass is 181 g/mol. The first-order valence-corrected chi connectivity index (χ1v) is 4.85. The first kappa shape index (κ1) is 7.63. The Balaban J connectivity index is 2.40. The molecular weight excluding hydrogens is 170 g/mol. The van der Waals surface area contributed by atoms with E-state index in [1.165, 1.54) is 16.0 Å². The smallest absolute Gasteiger partial charge is 0.0701 e. The molecule has 0 radical (unpaired) electrons. The van der Waals surface area contributed by atoms with E-state index in [0.29, 0.717) is 6.04 Å². The molecule has 0 amide bonds. The summed E-state index contributed by atoms with van der Waals surface area (Å²) in [4.78, 5) is 0. The third-order valence-electron chi connectivity index (χ3n) is 2.72. The first-order chi connectivity index (χ1) is 6.95. The van der Waals surface area contributed by atoms with Gasteiger partial charge in [0.15, 0.2) is 0 Å². The molecule has 0 aromatic heterocycles. The van der Waals surface area contributed by atoms with Crippen molar-refractivity contribution in [2.75, 3.05) is 0 Å². The van der Waals surface area contributed by atoms with Crippen LogP contribution in [0.2, 0.25) is 0 Å². The van der Waals surface area contributed by atoms with Crippen LogP contribution in [0.1, 0.15) is 0 Å². The second kappa shape index (κ2) is 2.88. The van der Waals surface area contributed by atoms with Crippen LogP contribution < -0.4 is 15.8 Å². The van der Waals surface area contributed by atoms with Gasteiger partial charge in [-0.25, -0.2) is 0 Å². The molecule has 1 heterocycles. The standard InChI is InChI=1S/C13H11N/c1-2-6-11-10(5-1)9-14-13-8-4-3-7-12(11)13/h1-9,13-14H. The third kappa shape index (κ3) is 1.02. The number of fused-ring (bicyclic) bond motifs is 2. The van der Waals surface area contributed by atoms with Gasteiger partial charge in [-0.3, -0.25) is 0 Å². The number of nitrogens with one attached hydrogen (secondary N) is 1. The van der Waals surface area contributed by atoms with Crippen molar-refractivity contribution in [1.29, 1.82) is 0 Å². The van der Waals surface area contributed by atoms with Gasteiger partial charge in [-0.1, -0.05) is 48.6 Å². The van der Waals surface area contributed by atoms with Crippen molar-refractivity contribution >= 4 is 11.8 Å². The fraction of sp³-hybridized carbons (Fsp3) is 0.0769. The molecule has 3 rings (SSSR count). The average Bonchev–Trinajstić information content (AvgIpc) is 2.29. The van der Waals surface area contributed by atoms with E-state index in [4.69, 9.17) is 0 Å². The Hall–Kier alpha value is -1.76. The minimum atomic E-state index is 0.356. The molecule has 1 unspecified atom stereocenters. The summed E-state index contributed by atoms with van der Waals surface area (Å²) in [6, 6.07) is 8.83. The van der Waals surface area contributed by atoms with Crippen LogP contribution in [0.25, 0.3) is 11.8 Å². The molecule has 1 atom stereocenters. The van der Waals surface area contributed by atoms with Gasteiger partial charge in [0.25, 0.3) is 0 Å². The van der Waals surface area contributed by atoms with Crippen LogP contribution in [0.15, 0.2) is 48.6 Å². The lowest BCUT2D eigenvalue weighted by molar-refractivity contribution is 0.877. The normalized spacial score (nSPS) is 22.0. The van der Waals surface area contributed by atoms with Crippen LogP contribution in [-0.4, -0.2) is 6.04 Å². The van der Waals surface area contributed by atoms with Crippen molar-refractivity contribution < 1.29 is 0 Å². The zero-order valence-electron chi connectivity index (χ0n) is 7.77. The maximum Gasteiger partial charge on any atom is 0.0701 e. The second-order valence-electron chi connectivity index (χ2n) is 3.58. The molecule has 1 N–H and O–H groups in total. The summed E-state index contributed by atoms with van der Waals surface area (Å²) in [5.41, 5.74) is 1.37. The van der Waals surface area contributed by atoms with E-state index in [1.807, 2.05) is 0 Å². The molecule has 0 spiro atoms. The van der Waals surface area contributed by atoms with E-state index in [0.717, 1.165) is 0 Å².